The second-order valence-electron chi connectivity index (χ2n) is 1.58. The van der Waals surface area contributed by atoms with Gasteiger partial charge in [0.15, 0.2) is 0 Å². The van der Waals surface area contributed by atoms with Gasteiger partial charge in [0, 0.05) is 0 Å². The first-order chi connectivity index (χ1) is 5.13. The first-order valence-electron chi connectivity index (χ1n) is 2.76. The minimum atomic E-state index is -0.937. The zero-order valence-corrected chi connectivity index (χ0v) is 5.69. The van der Waals surface area contributed by atoms with Crippen molar-refractivity contribution in [3.05, 3.63) is 10.1 Å². The van der Waals surface area contributed by atoms with E-state index in [1.54, 1.807) is 0 Å². The van der Waals surface area contributed by atoms with Gasteiger partial charge < -0.3 is 15.3 Å². The van der Waals surface area contributed by atoms with E-state index in [-0.39, 0.29) is 19.8 Å². The van der Waals surface area contributed by atoms with Crippen LogP contribution in [-0.4, -0.2) is 30.8 Å². The lowest BCUT2D eigenvalue weighted by Gasteiger charge is -1.98. The largest absolute Gasteiger partial charge is 0.370 e. The van der Waals surface area contributed by atoms with Crippen LogP contribution in [0.2, 0.25) is 0 Å². The number of rotatable bonds is 6. The molecule has 0 aromatic heterocycles. The van der Waals surface area contributed by atoms with Crippen molar-refractivity contribution in [2.24, 2.45) is 5.73 Å². The van der Waals surface area contributed by atoms with E-state index in [2.05, 4.69) is 9.57 Å². The first kappa shape index (κ1) is 9.63. The molecule has 0 saturated heterocycles. The van der Waals surface area contributed by atoms with Crippen molar-refractivity contribution in [2.75, 3.05) is 19.8 Å². The molecule has 7 nitrogen and oxygen atoms in total. The highest BCUT2D eigenvalue weighted by Crippen LogP contribution is 1.77. The fourth-order valence-electron chi connectivity index (χ4n) is 0.343. The Morgan fingerprint density at radius 2 is 2.18 bits per heavy atom. The van der Waals surface area contributed by atoms with Crippen molar-refractivity contribution < 1.29 is 19.5 Å². The standard InChI is InChI=1S/C4H8N2O5/c5-4(7)3-10-1-2-11-6(8)9/h1-3H2,(H2,5,7). The van der Waals surface area contributed by atoms with Crippen LogP contribution in [0.3, 0.4) is 0 Å². The van der Waals surface area contributed by atoms with E-state index in [1.807, 2.05) is 0 Å². The summed E-state index contributed by atoms with van der Waals surface area (Å²) in [5.74, 6) is -0.619. The minimum Gasteiger partial charge on any atom is -0.370 e. The van der Waals surface area contributed by atoms with Gasteiger partial charge in [-0.3, -0.25) is 4.79 Å². The van der Waals surface area contributed by atoms with E-state index in [1.165, 1.54) is 0 Å². The fourth-order valence-corrected chi connectivity index (χ4v) is 0.343. The molecule has 0 rings (SSSR count). The molecule has 0 saturated carbocycles. The number of amides is 1. The quantitative estimate of drug-likeness (QED) is 0.298. The second-order valence-corrected chi connectivity index (χ2v) is 1.58. The molecule has 0 spiro atoms. The lowest BCUT2D eigenvalue weighted by Crippen LogP contribution is -2.20. The molecule has 0 bridgehead atoms. The van der Waals surface area contributed by atoms with Gasteiger partial charge >= 0.3 is 0 Å². The molecule has 0 heterocycles. The zero-order chi connectivity index (χ0) is 8.69. The molecular formula is C4H8N2O5. The number of nitrogens with zero attached hydrogens (tertiary/aromatic N) is 1. The van der Waals surface area contributed by atoms with Crippen molar-refractivity contribution in [1.82, 2.24) is 0 Å². The van der Waals surface area contributed by atoms with Crippen LogP contribution in [-0.2, 0) is 14.4 Å². The molecular weight excluding hydrogens is 156 g/mol. The number of hydrogen-bond donors (Lipinski definition) is 1. The normalized spacial score (nSPS) is 9.09. The van der Waals surface area contributed by atoms with Crippen LogP contribution in [0.25, 0.3) is 0 Å². The Balaban J connectivity index is 3.03. The Bertz CT molecular complexity index is 131. The van der Waals surface area contributed by atoms with Crippen molar-refractivity contribution in [3.8, 4) is 0 Å². The molecule has 1 amide bonds. The highest BCUT2D eigenvalue weighted by molar-refractivity contribution is 5.74. The topological polar surface area (TPSA) is 105 Å². The second kappa shape index (κ2) is 5.42. The molecule has 7 heteroatoms. The average molecular weight is 164 g/mol. The van der Waals surface area contributed by atoms with Gasteiger partial charge in [-0.2, -0.15) is 0 Å². The predicted molar refractivity (Wildman–Crippen MR) is 33.0 cm³/mol. The number of nitrogens with two attached hydrogens (primary N) is 1. The van der Waals surface area contributed by atoms with Crippen molar-refractivity contribution in [3.63, 3.8) is 0 Å². The van der Waals surface area contributed by atoms with Crippen molar-refractivity contribution in [2.45, 2.75) is 0 Å². The summed E-state index contributed by atoms with van der Waals surface area (Å²) in [5.41, 5.74) is 4.70. The molecule has 64 valence electrons. The van der Waals surface area contributed by atoms with Gasteiger partial charge in [-0.1, -0.05) is 0 Å². The van der Waals surface area contributed by atoms with Gasteiger partial charge in [-0.05, 0) is 0 Å². The Kier molecular flexibility index (Phi) is 4.74. The smallest absolute Gasteiger partial charge is 0.294 e. The summed E-state index contributed by atoms with van der Waals surface area (Å²) in [7, 11) is 0. The Morgan fingerprint density at radius 3 is 2.64 bits per heavy atom. The maximum absolute atomic E-state index is 10.0. The van der Waals surface area contributed by atoms with E-state index in [4.69, 9.17) is 5.73 Å². The average Bonchev–Trinajstić information content (AvgIpc) is 1.85. The van der Waals surface area contributed by atoms with E-state index < -0.39 is 11.0 Å². The van der Waals surface area contributed by atoms with E-state index in [9.17, 15) is 14.9 Å². The van der Waals surface area contributed by atoms with Gasteiger partial charge in [0.05, 0.1) is 6.61 Å². The lowest BCUT2D eigenvalue weighted by molar-refractivity contribution is -0.758. The Morgan fingerprint density at radius 1 is 1.55 bits per heavy atom. The van der Waals surface area contributed by atoms with Crippen LogP contribution in [0.1, 0.15) is 0 Å². The first-order valence-corrected chi connectivity index (χ1v) is 2.76. The number of carbonyl (C=O) groups is 1. The van der Waals surface area contributed by atoms with Crippen LogP contribution in [0.15, 0.2) is 0 Å². The molecule has 0 aliphatic rings. The zero-order valence-electron chi connectivity index (χ0n) is 5.69. The van der Waals surface area contributed by atoms with Crippen LogP contribution < -0.4 is 5.73 Å². The highest BCUT2D eigenvalue weighted by atomic mass is 17.0. The summed E-state index contributed by atoms with van der Waals surface area (Å²) < 4.78 is 4.54. The fraction of sp³-hybridized carbons (Fsp3) is 0.750. The maximum Gasteiger partial charge on any atom is 0.294 e. The molecule has 2 N–H and O–H groups in total. The maximum atomic E-state index is 10.0. The number of primary amides is 1. The van der Waals surface area contributed by atoms with E-state index >= 15 is 0 Å². The third-order valence-electron chi connectivity index (χ3n) is 0.669. The third-order valence-corrected chi connectivity index (χ3v) is 0.669. The Hall–Kier alpha value is -1.37. The molecule has 0 aromatic carbocycles. The lowest BCUT2D eigenvalue weighted by atomic mass is 10.7. The molecule has 0 unspecified atom stereocenters. The summed E-state index contributed by atoms with van der Waals surface area (Å²) in [6, 6.07) is 0. The Labute approximate surface area is 62.2 Å². The summed E-state index contributed by atoms with van der Waals surface area (Å²) in [5, 5.41) is 8.60. The molecule has 0 atom stereocenters. The number of carbonyl (C=O) groups excluding carboxylic acids is 1. The SMILES string of the molecule is NC(=O)COCCO[N+](=O)[O-]. The molecule has 11 heavy (non-hydrogen) atoms. The van der Waals surface area contributed by atoms with E-state index in [0.717, 1.165) is 0 Å². The highest BCUT2D eigenvalue weighted by Gasteiger charge is 1.95. The van der Waals surface area contributed by atoms with Crippen LogP contribution in [0.5, 0.6) is 0 Å². The molecule has 0 aromatic rings. The molecule has 0 radical (unpaired) electrons. The van der Waals surface area contributed by atoms with Gasteiger partial charge in [0.2, 0.25) is 5.91 Å². The summed E-state index contributed by atoms with van der Waals surface area (Å²) in [6.45, 7) is -0.467. The van der Waals surface area contributed by atoms with Crippen LogP contribution >= 0.6 is 0 Å². The monoisotopic (exact) mass is 164 g/mol. The third kappa shape index (κ3) is 8.63. The van der Waals surface area contributed by atoms with Gasteiger partial charge in [0.25, 0.3) is 5.09 Å². The molecule has 0 fully saturated rings. The number of hydrogen-bond acceptors (Lipinski definition) is 5. The van der Waals surface area contributed by atoms with Gasteiger partial charge in [-0.25, -0.2) is 0 Å². The predicted octanol–water partition coefficient (Wildman–Crippen LogP) is -1.30. The molecule has 0 aliphatic heterocycles. The van der Waals surface area contributed by atoms with Gasteiger partial charge in [-0.15, -0.1) is 10.1 Å². The van der Waals surface area contributed by atoms with Crippen molar-refractivity contribution in [1.29, 1.82) is 0 Å². The number of ether oxygens (including phenoxy) is 1. The van der Waals surface area contributed by atoms with E-state index in [0.29, 0.717) is 0 Å². The minimum absolute atomic E-state index is 0.0239. The van der Waals surface area contributed by atoms with Crippen LogP contribution in [0, 0.1) is 10.1 Å². The van der Waals surface area contributed by atoms with Gasteiger partial charge in [0.1, 0.15) is 13.2 Å². The van der Waals surface area contributed by atoms with Crippen molar-refractivity contribution >= 4 is 5.91 Å². The van der Waals surface area contributed by atoms with Crippen LogP contribution in [0.4, 0.5) is 0 Å². The summed E-state index contributed by atoms with van der Waals surface area (Å²) in [6.07, 6.45) is 0. The summed E-state index contributed by atoms with van der Waals surface area (Å²) in [4.78, 5) is 23.4. The summed E-state index contributed by atoms with van der Waals surface area (Å²) >= 11 is 0. The molecule has 0 aliphatic carbocycles.